The predicted molar refractivity (Wildman–Crippen MR) is 69.1 cm³/mol. The van der Waals surface area contributed by atoms with Crippen LogP contribution in [-0.2, 0) is 4.79 Å². The lowest BCUT2D eigenvalue weighted by Gasteiger charge is -2.30. The maximum atomic E-state index is 12.1. The molecule has 0 fully saturated rings. The van der Waals surface area contributed by atoms with Gasteiger partial charge in [0.05, 0.1) is 6.04 Å². The number of nitrogens with two attached hydrogens (primary N) is 1. The minimum atomic E-state index is -0.357. The molecule has 16 heavy (non-hydrogen) atoms. The van der Waals surface area contributed by atoms with E-state index in [1.54, 1.807) is 4.90 Å². The van der Waals surface area contributed by atoms with E-state index in [2.05, 4.69) is 27.7 Å². The van der Waals surface area contributed by atoms with Crippen molar-refractivity contribution in [1.29, 1.82) is 0 Å². The molecule has 3 nitrogen and oxygen atoms in total. The fraction of sp³-hybridized carbons (Fsp3) is 0.923. The SMILES string of the molecule is CC[C@H](C)[C@H](N)C(=O)N(C)C(C)CC(C)C. The van der Waals surface area contributed by atoms with Crippen molar-refractivity contribution >= 4 is 5.91 Å². The second-order valence-electron chi connectivity index (χ2n) is 5.34. The summed E-state index contributed by atoms with van der Waals surface area (Å²) < 4.78 is 0. The number of carbonyl (C=O) groups is 1. The Balaban J connectivity index is 4.37. The van der Waals surface area contributed by atoms with Gasteiger partial charge in [-0.2, -0.15) is 0 Å². The molecule has 0 heterocycles. The van der Waals surface area contributed by atoms with Gasteiger partial charge in [-0.05, 0) is 25.2 Å². The first-order valence-electron chi connectivity index (χ1n) is 6.33. The maximum absolute atomic E-state index is 12.1. The van der Waals surface area contributed by atoms with E-state index in [1.807, 2.05) is 14.0 Å². The van der Waals surface area contributed by atoms with Gasteiger partial charge in [-0.1, -0.05) is 34.1 Å². The molecule has 0 aromatic carbocycles. The Bertz CT molecular complexity index is 216. The largest absolute Gasteiger partial charge is 0.342 e. The summed E-state index contributed by atoms with van der Waals surface area (Å²) in [4.78, 5) is 13.9. The molecule has 0 saturated carbocycles. The fourth-order valence-electron chi connectivity index (χ4n) is 1.79. The highest BCUT2D eigenvalue weighted by Crippen LogP contribution is 2.13. The Labute approximate surface area is 100 Å². The number of likely N-dealkylation sites (N-methyl/N-ethyl adjacent to an activating group) is 1. The lowest BCUT2D eigenvalue weighted by molar-refractivity contribution is -0.134. The van der Waals surface area contributed by atoms with E-state index < -0.39 is 0 Å². The lowest BCUT2D eigenvalue weighted by atomic mass is 9.97. The van der Waals surface area contributed by atoms with Crippen LogP contribution >= 0.6 is 0 Å². The summed E-state index contributed by atoms with van der Waals surface area (Å²) in [5.74, 6) is 0.925. The van der Waals surface area contributed by atoms with E-state index in [0.717, 1.165) is 12.8 Å². The first-order valence-corrected chi connectivity index (χ1v) is 6.33. The quantitative estimate of drug-likeness (QED) is 0.758. The second-order valence-corrected chi connectivity index (χ2v) is 5.34. The van der Waals surface area contributed by atoms with Crippen LogP contribution in [0.5, 0.6) is 0 Å². The van der Waals surface area contributed by atoms with E-state index in [9.17, 15) is 4.79 Å². The Hall–Kier alpha value is -0.570. The molecular weight excluding hydrogens is 200 g/mol. The monoisotopic (exact) mass is 228 g/mol. The molecule has 0 aromatic rings. The van der Waals surface area contributed by atoms with Gasteiger partial charge < -0.3 is 10.6 Å². The zero-order chi connectivity index (χ0) is 12.9. The Morgan fingerprint density at radius 3 is 2.12 bits per heavy atom. The van der Waals surface area contributed by atoms with E-state index in [0.29, 0.717) is 5.92 Å². The minimum absolute atomic E-state index is 0.0718. The van der Waals surface area contributed by atoms with Gasteiger partial charge in [0.2, 0.25) is 5.91 Å². The zero-order valence-corrected chi connectivity index (χ0v) is 11.7. The Kier molecular flexibility index (Phi) is 6.65. The molecule has 96 valence electrons. The summed E-state index contributed by atoms with van der Waals surface area (Å²) in [6.45, 7) is 10.5. The summed E-state index contributed by atoms with van der Waals surface area (Å²) in [7, 11) is 1.86. The average Bonchev–Trinajstić information content (AvgIpc) is 2.23. The van der Waals surface area contributed by atoms with Crippen LogP contribution in [0, 0.1) is 11.8 Å². The molecule has 0 saturated heterocycles. The van der Waals surface area contributed by atoms with Gasteiger partial charge in [0.1, 0.15) is 0 Å². The number of hydrogen-bond donors (Lipinski definition) is 1. The molecule has 0 spiro atoms. The van der Waals surface area contributed by atoms with Gasteiger partial charge in [-0.25, -0.2) is 0 Å². The third kappa shape index (κ3) is 4.52. The van der Waals surface area contributed by atoms with Crippen LogP contribution in [0.2, 0.25) is 0 Å². The molecule has 2 N–H and O–H groups in total. The topological polar surface area (TPSA) is 46.3 Å². The van der Waals surface area contributed by atoms with Crippen molar-refractivity contribution in [3.63, 3.8) is 0 Å². The van der Waals surface area contributed by atoms with Crippen LogP contribution in [0.25, 0.3) is 0 Å². The van der Waals surface area contributed by atoms with Gasteiger partial charge >= 0.3 is 0 Å². The summed E-state index contributed by atoms with van der Waals surface area (Å²) in [6.07, 6.45) is 1.97. The van der Waals surface area contributed by atoms with E-state index in [4.69, 9.17) is 5.73 Å². The third-order valence-corrected chi connectivity index (χ3v) is 3.36. The number of carbonyl (C=O) groups excluding carboxylic acids is 1. The minimum Gasteiger partial charge on any atom is -0.342 e. The predicted octanol–water partition coefficient (Wildman–Crippen LogP) is 2.25. The van der Waals surface area contributed by atoms with E-state index in [1.165, 1.54) is 0 Å². The van der Waals surface area contributed by atoms with Crippen molar-refractivity contribution in [3.8, 4) is 0 Å². The van der Waals surface area contributed by atoms with Crippen LogP contribution in [-0.4, -0.2) is 29.9 Å². The maximum Gasteiger partial charge on any atom is 0.239 e. The van der Waals surface area contributed by atoms with Crippen molar-refractivity contribution in [2.75, 3.05) is 7.05 Å². The standard InChI is InChI=1S/C13H28N2O/c1-7-10(4)12(14)13(16)15(6)11(5)8-9(2)3/h9-12H,7-8,14H2,1-6H3/t10-,11?,12-/m0/s1. The molecule has 0 bridgehead atoms. The number of rotatable bonds is 6. The first kappa shape index (κ1) is 15.4. The van der Waals surface area contributed by atoms with Gasteiger partial charge in [0, 0.05) is 13.1 Å². The summed E-state index contributed by atoms with van der Waals surface area (Å²) in [6, 6.07) is -0.0905. The molecule has 1 unspecified atom stereocenters. The average molecular weight is 228 g/mol. The number of amides is 1. The van der Waals surface area contributed by atoms with Gasteiger partial charge in [-0.3, -0.25) is 4.79 Å². The van der Waals surface area contributed by atoms with Crippen molar-refractivity contribution in [3.05, 3.63) is 0 Å². The molecule has 0 aliphatic carbocycles. The van der Waals surface area contributed by atoms with Gasteiger partial charge in [0.15, 0.2) is 0 Å². The van der Waals surface area contributed by atoms with Crippen molar-refractivity contribution in [1.82, 2.24) is 4.90 Å². The first-order chi connectivity index (χ1) is 7.31. The van der Waals surface area contributed by atoms with E-state index in [-0.39, 0.29) is 23.9 Å². The van der Waals surface area contributed by atoms with E-state index >= 15 is 0 Å². The third-order valence-electron chi connectivity index (χ3n) is 3.36. The smallest absolute Gasteiger partial charge is 0.239 e. The summed E-state index contributed by atoms with van der Waals surface area (Å²) in [5, 5.41) is 0. The highest BCUT2D eigenvalue weighted by atomic mass is 16.2. The summed E-state index contributed by atoms with van der Waals surface area (Å²) >= 11 is 0. The van der Waals surface area contributed by atoms with Crippen LogP contribution in [0.1, 0.15) is 47.5 Å². The molecule has 1 amide bonds. The lowest BCUT2D eigenvalue weighted by Crippen LogP contribution is -2.48. The molecular formula is C13H28N2O. The molecule has 3 heteroatoms. The number of nitrogens with zero attached hydrogens (tertiary/aromatic N) is 1. The zero-order valence-electron chi connectivity index (χ0n) is 11.7. The van der Waals surface area contributed by atoms with Crippen molar-refractivity contribution < 1.29 is 4.79 Å². The summed E-state index contributed by atoms with van der Waals surface area (Å²) in [5.41, 5.74) is 5.95. The van der Waals surface area contributed by atoms with Crippen molar-refractivity contribution in [2.24, 2.45) is 17.6 Å². The van der Waals surface area contributed by atoms with Crippen LogP contribution in [0.15, 0.2) is 0 Å². The molecule has 0 rings (SSSR count). The van der Waals surface area contributed by atoms with Crippen LogP contribution in [0.4, 0.5) is 0 Å². The van der Waals surface area contributed by atoms with Gasteiger partial charge in [0.25, 0.3) is 0 Å². The van der Waals surface area contributed by atoms with Crippen LogP contribution in [0.3, 0.4) is 0 Å². The molecule has 0 aliphatic rings. The highest BCUT2D eigenvalue weighted by molar-refractivity contribution is 5.81. The Morgan fingerprint density at radius 1 is 1.25 bits per heavy atom. The Morgan fingerprint density at radius 2 is 1.75 bits per heavy atom. The molecule has 0 aliphatic heterocycles. The number of hydrogen-bond acceptors (Lipinski definition) is 2. The molecule has 3 atom stereocenters. The second kappa shape index (κ2) is 6.89. The van der Waals surface area contributed by atoms with Crippen LogP contribution < -0.4 is 5.73 Å². The van der Waals surface area contributed by atoms with Gasteiger partial charge in [-0.15, -0.1) is 0 Å². The van der Waals surface area contributed by atoms with Crippen molar-refractivity contribution in [2.45, 2.75) is 59.5 Å². The molecule has 0 radical (unpaired) electrons. The molecule has 0 aromatic heterocycles. The highest BCUT2D eigenvalue weighted by Gasteiger charge is 2.25. The normalized spacial score (nSPS) is 17.0. The fourth-order valence-corrected chi connectivity index (χ4v) is 1.79.